The molecule has 3 rings (SSSR count). The molecule has 8 nitrogen and oxygen atoms in total. The second kappa shape index (κ2) is 13.7. The Morgan fingerprint density at radius 1 is 1.10 bits per heavy atom. The van der Waals surface area contributed by atoms with Gasteiger partial charge in [0.1, 0.15) is 17.9 Å². The van der Waals surface area contributed by atoms with Crippen LogP contribution in [0, 0.1) is 5.82 Å². The molecular formula is C28H30Cl2F4N4O4. The lowest BCUT2D eigenvalue weighted by Gasteiger charge is -2.45. The molecule has 4 atom stereocenters. The molecule has 42 heavy (non-hydrogen) atoms. The Morgan fingerprint density at radius 3 is 2.29 bits per heavy atom. The number of carbonyl (C=O) groups excluding carboxylic acids is 4. The van der Waals surface area contributed by atoms with Crippen molar-refractivity contribution in [1.29, 1.82) is 0 Å². The molecule has 0 aliphatic carbocycles. The molecule has 1 saturated heterocycles. The molecule has 3 N–H and O–H groups in total. The van der Waals surface area contributed by atoms with E-state index < -0.39 is 59.7 Å². The molecule has 0 aromatic heterocycles. The minimum absolute atomic E-state index is 0.0720. The van der Waals surface area contributed by atoms with Crippen molar-refractivity contribution in [2.24, 2.45) is 5.73 Å². The van der Waals surface area contributed by atoms with Gasteiger partial charge in [0.15, 0.2) is 0 Å². The van der Waals surface area contributed by atoms with E-state index in [0.29, 0.717) is 22.6 Å². The van der Waals surface area contributed by atoms with Gasteiger partial charge in [-0.3, -0.25) is 19.2 Å². The van der Waals surface area contributed by atoms with E-state index in [2.05, 4.69) is 0 Å². The first-order valence-corrected chi connectivity index (χ1v) is 13.9. The predicted octanol–water partition coefficient (Wildman–Crippen LogP) is 4.22. The summed E-state index contributed by atoms with van der Waals surface area (Å²) in [6, 6.07) is 5.65. The molecule has 1 fully saturated rings. The molecule has 1 heterocycles. The number of hydrogen-bond acceptors (Lipinski definition) is 4. The van der Waals surface area contributed by atoms with E-state index >= 15 is 0 Å². The van der Waals surface area contributed by atoms with Crippen LogP contribution in [-0.2, 0) is 25.6 Å². The maximum atomic E-state index is 13.8. The Kier molecular flexibility index (Phi) is 10.8. The molecule has 2 aromatic rings. The Bertz CT molecular complexity index is 1330. The Morgan fingerprint density at radius 2 is 1.74 bits per heavy atom. The van der Waals surface area contributed by atoms with Crippen molar-refractivity contribution in [2.45, 2.75) is 63.3 Å². The van der Waals surface area contributed by atoms with Crippen LogP contribution in [0.25, 0.3) is 0 Å². The van der Waals surface area contributed by atoms with Crippen LogP contribution in [0.3, 0.4) is 0 Å². The first-order chi connectivity index (χ1) is 19.6. The van der Waals surface area contributed by atoms with Gasteiger partial charge in [-0.1, -0.05) is 54.7 Å². The summed E-state index contributed by atoms with van der Waals surface area (Å²) in [7, 11) is 0. The van der Waals surface area contributed by atoms with Crippen molar-refractivity contribution in [2.75, 3.05) is 13.1 Å². The molecule has 0 bridgehead atoms. The average Bonchev–Trinajstić information content (AvgIpc) is 2.90. The van der Waals surface area contributed by atoms with Crippen molar-refractivity contribution in [3.63, 3.8) is 0 Å². The lowest BCUT2D eigenvalue weighted by atomic mass is 9.89. The highest BCUT2D eigenvalue weighted by atomic mass is 35.5. The zero-order chi connectivity index (χ0) is 31.4. The van der Waals surface area contributed by atoms with Crippen molar-refractivity contribution < 1.29 is 36.7 Å². The molecular weight excluding hydrogens is 603 g/mol. The van der Waals surface area contributed by atoms with E-state index in [4.69, 9.17) is 28.9 Å². The fourth-order valence-electron chi connectivity index (χ4n) is 5.11. The third kappa shape index (κ3) is 7.71. The van der Waals surface area contributed by atoms with Gasteiger partial charge < -0.3 is 20.9 Å². The number of benzene rings is 2. The first kappa shape index (κ1) is 33.1. The predicted molar refractivity (Wildman–Crippen MR) is 148 cm³/mol. The quantitative estimate of drug-likeness (QED) is 0.382. The van der Waals surface area contributed by atoms with E-state index in [1.165, 1.54) is 35.2 Å². The normalized spacial score (nSPS) is 17.9. The van der Waals surface area contributed by atoms with E-state index in [1.807, 2.05) is 0 Å². The highest BCUT2D eigenvalue weighted by Crippen LogP contribution is 2.33. The highest BCUT2D eigenvalue weighted by molar-refractivity contribution is 6.35. The van der Waals surface area contributed by atoms with Gasteiger partial charge in [-0.2, -0.15) is 13.2 Å². The fraction of sp³-hybridized carbons (Fsp3) is 0.429. The summed E-state index contributed by atoms with van der Waals surface area (Å²) in [6.45, 7) is 3.21. The molecule has 4 unspecified atom stereocenters. The number of carbonyl (C=O) groups is 4. The van der Waals surface area contributed by atoms with Crippen LogP contribution in [-0.4, -0.2) is 70.8 Å². The van der Waals surface area contributed by atoms with Gasteiger partial charge >= 0.3 is 12.1 Å². The molecule has 2 aromatic carbocycles. The second-order valence-corrected chi connectivity index (χ2v) is 10.9. The Balaban J connectivity index is 1.91. The number of halogens is 6. The molecule has 0 saturated carbocycles. The van der Waals surface area contributed by atoms with Crippen LogP contribution < -0.4 is 11.1 Å². The number of piperazine rings is 1. The second-order valence-electron chi connectivity index (χ2n) is 10.0. The number of hydrogen-bond donors (Lipinski definition) is 2. The highest BCUT2D eigenvalue weighted by Gasteiger charge is 2.45. The van der Waals surface area contributed by atoms with Gasteiger partial charge in [0, 0.05) is 35.6 Å². The summed E-state index contributed by atoms with van der Waals surface area (Å²) in [5.41, 5.74) is 6.37. The van der Waals surface area contributed by atoms with Crippen LogP contribution in [0.4, 0.5) is 17.6 Å². The van der Waals surface area contributed by atoms with E-state index in [1.54, 1.807) is 19.2 Å². The van der Waals surface area contributed by atoms with Crippen LogP contribution >= 0.6 is 23.2 Å². The van der Waals surface area contributed by atoms with Gasteiger partial charge in [-0.15, -0.1) is 0 Å². The SMILES string of the molecule is CCCC1C(=O)N(C(C)C(C(N)=O)c2ccc(Cl)cc2Cl)CCN1C(=O)C(Cc1ccc(F)cc1)NC(=O)C(F)(F)F. The minimum atomic E-state index is -5.26. The molecule has 228 valence electrons. The number of nitrogens with one attached hydrogen (secondary N) is 1. The summed E-state index contributed by atoms with van der Waals surface area (Å²) in [4.78, 5) is 54.4. The largest absolute Gasteiger partial charge is 0.471 e. The standard InChI is InChI=1S/C28H30Cl2F4N4O4/c1-3-4-22-26(41)37(15(2)23(24(35)39)19-10-7-17(29)14-20(19)30)11-12-38(22)25(40)21(36-27(42)28(32,33)34)13-16-5-8-18(31)9-6-16/h5-10,14-15,21-23H,3-4,11-13H2,1-2H3,(H2,35,39)(H,36,42). The summed E-state index contributed by atoms with van der Waals surface area (Å²) < 4.78 is 52.8. The monoisotopic (exact) mass is 632 g/mol. The van der Waals surface area contributed by atoms with Crippen LogP contribution in [0.1, 0.15) is 43.7 Å². The minimum Gasteiger partial charge on any atom is -0.369 e. The Labute approximate surface area is 250 Å². The van der Waals surface area contributed by atoms with Gasteiger partial charge in [-0.25, -0.2) is 4.39 Å². The van der Waals surface area contributed by atoms with Crippen LogP contribution in [0.15, 0.2) is 42.5 Å². The third-order valence-electron chi connectivity index (χ3n) is 7.16. The van der Waals surface area contributed by atoms with E-state index in [0.717, 1.165) is 17.0 Å². The molecule has 0 spiro atoms. The summed E-state index contributed by atoms with van der Waals surface area (Å²) in [5, 5.41) is 2.24. The van der Waals surface area contributed by atoms with Crippen LogP contribution in [0.2, 0.25) is 10.0 Å². The maximum Gasteiger partial charge on any atom is 0.471 e. The molecule has 4 amide bonds. The molecule has 1 aliphatic rings. The zero-order valence-electron chi connectivity index (χ0n) is 22.8. The van der Waals surface area contributed by atoms with Gasteiger partial charge in [0.2, 0.25) is 17.7 Å². The lowest BCUT2D eigenvalue weighted by Crippen LogP contribution is -2.64. The smallest absolute Gasteiger partial charge is 0.369 e. The van der Waals surface area contributed by atoms with Crippen molar-refractivity contribution in [3.05, 3.63) is 69.5 Å². The van der Waals surface area contributed by atoms with Crippen molar-refractivity contribution in [3.8, 4) is 0 Å². The van der Waals surface area contributed by atoms with Crippen molar-refractivity contribution in [1.82, 2.24) is 15.1 Å². The molecule has 1 aliphatic heterocycles. The van der Waals surface area contributed by atoms with Gasteiger partial charge in [0.05, 0.1) is 5.92 Å². The maximum absolute atomic E-state index is 13.8. The van der Waals surface area contributed by atoms with Crippen LogP contribution in [0.5, 0.6) is 0 Å². The summed E-state index contributed by atoms with van der Waals surface area (Å²) >= 11 is 12.3. The lowest BCUT2D eigenvalue weighted by molar-refractivity contribution is -0.175. The van der Waals surface area contributed by atoms with E-state index in [9.17, 15) is 36.7 Å². The number of alkyl halides is 3. The number of primary amides is 1. The average molecular weight is 633 g/mol. The summed E-state index contributed by atoms with van der Waals surface area (Å²) in [6.07, 6.45) is -5.04. The van der Waals surface area contributed by atoms with Gasteiger partial charge in [-0.05, 0) is 48.7 Å². The summed E-state index contributed by atoms with van der Waals surface area (Å²) in [5.74, 6) is -6.13. The molecule has 0 radical (unpaired) electrons. The van der Waals surface area contributed by atoms with Gasteiger partial charge in [0.25, 0.3) is 0 Å². The number of amides is 4. The Hall–Kier alpha value is -3.38. The molecule has 14 heteroatoms. The van der Waals surface area contributed by atoms with Crippen molar-refractivity contribution >= 4 is 46.8 Å². The fourth-order valence-corrected chi connectivity index (χ4v) is 5.63. The number of nitrogens with zero attached hydrogens (tertiary/aromatic N) is 2. The zero-order valence-corrected chi connectivity index (χ0v) is 24.3. The topological polar surface area (TPSA) is 113 Å². The van der Waals surface area contributed by atoms with E-state index in [-0.39, 0.29) is 31.0 Å². The third-order valence-corrected chi connectivity index (χ3v) is 7.73. The first-order valence-electron chi connectivity index (χ1n) is 13.1. The number of rotatable bonds is 10. The number of nitrogens with two attached hydrogens (primary N) is 1.